The molecule has 0 rings (SSSR count). The van der Waals surface area contributed by atoms with Crippen LogP contribution in [-0.2, 0) is 14.9 Å². The number of amides is 1. The van der Waals surface area contributed by atoms with E-state index >= 15 is 0 Å². The fraction of sp³-hybridized carbons (Fsp3) is 0.941. The number of rotatable bonds is 15. The van der Waals surface area contributed by atoms with Crippen LogP contribution in [0, 0.1) is 0 Å². The quantitative estimate of drug-likeness (QED) is 0.271. The average Bonchev–Trinajstić information content (AvgIpc) is 2.49. The van der Waals surface area contributed by atoms with Gasteiger partial charge in [0.1, 0.15) is 0 Å². The Hall–Kier alpha value is 0.380. The van der Waals surface area contributed by atoms with Crippen LogP contribution in [0.3, 0.4) is 0 Å². The van der Waals surface area contributed by atoms with Gasteiger partial charge in [-0.15, -0.1) is 0 Å². The molecule has 0 radical (unpaired) electrons. The molecule has 5 nitrogen and oxygen atoms in total. The van der Waals surface area contributed by atoms with Gasteiger partial charge in [-0.3, -0.25) is 9.35 Å². The van der Waals surface area contributed by atoms with Crippen molar-refractivity contribution >= 4 is 45.6 Å². The maximum absolute atomic E-state index is 11.8. The van der Waals surface area contributed by atoms with Gasteiger partial charge in [0.05, 0.1) is 5.75 Å². The Morgan fingerprint density at radius 1 is 0.875 bits per heavy atom. The molecule has 140 valence electrons. The topological polar surface area (TPSA) is 74.7 Å². The Morgan fingerprint density at radius 2 is 1.29 bits per heavy atom. The molecule has 0 aromatic heterocycles. The fourth-order valence-corrected chi connectivity index (χ4v) is 3.01. The summed E-state index contributed by atoms with van der Waals surface area (Å²) < 4.78 is 29.9. The van der Waals surface area contributed by atoms with Gasteiger partial charge >= 0.3 is 29.6 Å². The van der Waals surface area contributed by atoms with Crippen LogP contribution in [0.5, 0.6) is 0 Å². The van der Waals surface area contributed by atoms with Crippen LogP contribution in [0.15, 0.2) is 0 Å². The first-order chi connectivity index (χ1) is 10.9. The Kier molecular flexibility index (Phi) is 18.7. The van der Waals surface area contributed by atoms with Crippen molar-refractivity contribution in [3.8, 4) is 0 Å². The van der Waals surface area contributed by atoms with Gasteiger partial charge in [-0.2, -0.15) is 8.42 Å². The summed E-state index contributed by atoms with van der Waals surface area (Å²) in [5.74, 6) is -0.447. The first-order valence-corrected chi connectivity index (χ1v) is 10.7. The van der Waals surface area contributed by atoms with E-state index in [1.165, 1.54) is 56.3 Å². The second-order valence-corrected chi connectivity index (χ2v) is 7.96. The van der Waals surface area contributed by atoms with E-state index < -0.39 is 15.9 Å². The van der Waals surface area contributed by atoms with Crippen LogP contribution in [0.25, 0.3) is 0 Å². The normalized spacial score (nSPS) is 11.1. The molecule has 0 spiro atoms. The Morgan fingerprint density at radius 3 is 1.71 bits per heavy atom. The summed E-state index contributed by atoms with van der Waals surface area (Å²) in [6, 6.07) is 0. The number of hydrogen-bond donors (Lipinski definition) is 1. The van der Waals surface area contributed by atoms with Crippen molar-refractivity contribution in [2.75, 3.05) is 19.3 Å². The van der Waals surface area contributed by atoms with Crippen LogP contribution >= 0.6 is 0 Å². The summed E-state index contributed by atoms with van der Waals surface area (Å²) in [5, 5.41) is 0. The van der Waals surface area contributed by atoms with E-state index in [1.807, 2.05) is 0 Å². The Bertz CT molecular complexity index is 401. The van der Waals surface area contributed by atoms with E-state index in [0.29, 0.717) is 6.42 Å². The molecule has 24 heavy (non-hydrogen) atoms. The standard InChI is InChI=1S/C17H35NO4S.Na.H/c1-3-4-5-6-7-8-9-10-11-12-13-14-17(19)18(2)15-16-23(20,21)22;;/h3-16H2,1-2H3,(H,20,21,22);;. The molecule has 0 heterocycles. The van der Waals surface area contributed by atoms with Gasteiger partial charge in [0, 0.05) is 20.0 Å². The molecular formula is C17H36NNaO4S. The van der Waals surface area contributed by atoms with Gasteiger partial charge in [-0.1, -0.05) is 71.1 Å². The summed E-state index contributed by atoms with van der Waals surface area (Å²) in [6.07, 6.45) is 14.1. The summed E-state index contributed by atoms with van der Waals surface area (Å²) in [4.78, 5) is 13.1. The molecule has 0 aromatic carbocycles. The summed E-state index contributed by atoms with van der Waals surface area (Å²) in [6.45, 7) is 2.28. The second-order valence-electron chi connectivity index (χ2n) is 6.39. The molecule has 1 amide bonds. The van der Waals surface area contributed by atoms with E-state index in [2.05, 4.69) is 6.92 Å². The SMILES string of the molecule is CCCCCCCCCCCCCC(=O)N(C)CCS(=O)(=O)O.[NaH]. The van der Waals surface area contributed by atoms with Gasteiger partial charge in [0.2, 0.25) is 5.91 Å². The number of nitrogens with zero attached hydrogens (tertiary/aromatic N) is 1. The maximum atomic E-state index is 11.8. The van der Waals surface area contributed by atoms with Crippen LogP contribution in [0.2, 0.25) is 0 Å². The van der Waals surface area contributed by atoms with Crippen molar-refractivity contribution in [3.63, 3.8) is 0 Å². The van der Waals surface area contributed by atoms with Crippen LogP contribution in [0.4, 0.5) is 0 Å². The summed E-state index contributed by atoms with van der Waals surface area (Å²) in [5.41, 5.74) is 0. The third-order valence-corrected chi connectivity index (χ3v) is 4.80. The number of unbranched alkanes of at least 4 members (excludes halogenated alkanes) is 10. The fourth-order valence-electron chi connectivity index (χ4n) is 2.51. The molecule has 7 heteroatoms. The summed E-state index contributed by atoms with van der Waals surface area (Å²) in [7, 11) is -2.42. The van der Waals surface area contributed by atoms with Crippen molar-refractivity contribution < 1.29 is 17.8 Å². The monoisotopic (exact) mass is 373 g/mol. The van der Waals surface area contributed by atoms with E-state index in [-0.39, 0.29) is 42.0 Å². The van der Waals surface area contributed by atoms with E-state index in [4.69, 9.17) is 4.55 Å². The van der Waals surface area contributed by atoms with Gasteiger partial charge in [0.15, 0.2) is 0 Å². The van der Waals surface area contributed by atoms with E-state index in [9.17, 15) is 13.2 Å². The molecule has 0 aliphatic carbocycles. The molecule has 0 atom stereocenters. The molecule has 0 saturated heterocycles. The number of carbonyl (C=O) groups is 1. The van der Waals surface area contributed by atoms with E-state index in [0.717, 1.165) is 19.3 Å². The van der Waals surface area contributed by atoms with Crippen molar-refractivity contribution in [3.05, 3.63) is 0 Å². The molecule has 0 bridgehead atoms. The van der Waals surface area contributed by atoms with Crippen LogP contribution in [-0.4, -0.2) is 72.7 Å². The molecule has 0 fully saturated rings. The van der Waals surface area contributed by atoms with Gasteiger partial charge in [-0.25, -0.2) is 0 Å². The first kappa shape index (κ1) is 26.6. The Labute approximate surface area is 171 Å². The van der Waals surface area contributed by atoms with Gasteiger partial charge < -0.3 is 4.90 Å². The third-order valence-electron chi connectivity index (χ3n) is 4.10. The molecule has 0 aromatic rings. The van der Waals surface area contributed by atoms with E-state index in [1.54, 1.807) is 7.05 Å². The molecule has 1 N–H and O–H groups in total. The molecule has 0 aliphatic heterocycles. The zero-order valence-corrected chi connectivity index (χ0v) is 15.7. The minimum absolute atomic E-state index is 0. The summed E-state index contributed by atoms with van der Waals surface area (Å²) >= 11 is 0. The molecule has 0 unspecified atom stereocenters. The Balaban J connectivity index is 0. The zero-order valence-electron chi connectivity index (χ0n) is 14.9. The third kappa shape index (κ3) is 18.7. The molecular weight excluding hydrogens is 337 g/mol. The van der Waals surface area contributed by atoms with Crippen LogP contribution in [0.1, 0.15) is 84.0 Å². The van der Waals surface area contributed by atoms with Gasteiger partial charge in [-0.05, 0) is 6.42 Å². The predicted octanol–water partition coefficient (Wildman–Crippen LogP) is 3.39. The first-order valence-electron chi connectivity index (χ1n) is 9.06. The predicted molar refractivity (Wildman–Crippen MR) is 102 cm³/mol. The van der Waals surface area contributed by atoms with Crippen molar-refractivity contribution in [2.24, 2.45) is 0 Å². The minimum atomic E-state index is -3.99. The van der Waals surface area contributed by atoms with Crippen molar-refractivity contribution in [1.29, 1.82) is 0 Å². The number of hydrogen-bond acceptors (Lipinski definition) is 3. The zero-order chi connectivity index (χ0) is 17.6. The van der Waals surface area contributed by atoms with Crippen molar-refractivity contribution in [1.82, 2.24) is 4.90 Å². The van der Waals surface area contributed by atoms with Crippen molar-refractivity contribution in [2.45, 2.75) is 84.0 Å². The average molecular weight is 374 g/mol. The molecule has 0 aliphatic rings. The second kappa shape index (κ2) is 16.8. The van der Waals surface area contributed by atoms with Crippen LogP contribution < -0.4 is 0 Å². The molecule has 0 saturated carbocycles. The number of carbonyl (C=O) groups excluding carboxylic acids is 1. The van der Waals surface area contributed by atoms with Gasteiger partial charge in [0.25, 0.3) is 10.1 Å².